The maximum Gasteiger partial charge on any atom is 0.407 e. The molecule has 1 aliphatic rings. The van der Waals surface area contributed by atoms with Crippen molar-refractivity contribution in [2.45, 2.75) is 38.5 Å². The molecule has 7 nitrogen and oxygen atoms in total. The van der Waals surface area contributed by atoms with Crippen LogP contribution in [0.5, 0.6) is 0 Å². The first-order chi connectivity index (χ1) is 15.5. The lowest BCUT2D eigenvalue weighted by Gasteiger charge is -2.15. The molecular weight excluding hydrogens is 408 g/mol. The lowest BCUT2D eigenvalue weighted by molar-refractivity contribution is -0.137. The molecule has 0 bridgehead atoms. The van der Waals surface area contributed by atoms with E-state index < -0.39 is 12.1 Å². The first kappa shape index (κ1) is 23.3. The number of rotatable bonds is 11. The fourth-order valence-electron chi connectivity index (χ4n) is 3.96. The number of fused-ring (bicyclic) bond motifs is 3. The predicted molar refractivity (Wildman–Crippen MR) is 121 cm³/mol. The Hall–Kier alpha value is -3.35. The molecule has 0 aliphatic heterocycles. The Morgan fingerprint density at radius 1 is 0.938 bits per heavy atom. The van der Waals surface area contributed by atoms with Crippen LogP contribution in [0.2, 0.25) is 0 Å². The van der Waals surface area contributed by atoms with Gasteiger partial charge >= 0.3 is 12.1 Å². The van der Waals surface area contributed by atoms with Crippen molar-refractivity contribution in [1.29, 1.82) is 0 Å². The van der Waals surface area contributed by atoms with Crippen LogP contribution in [0.15, 0.2) is 48.5 Å². The van der Waals surface area contributed by atoms with Crippen LogP contribution in [0, 0.1) is 5.92 Å². The van der Waals surface area contributed by atoms with Crippen molar-refractivity contribution in [1.82, 2.24) is 10.6 Å². The number of hydrogen-bond donors (Lipinski definition) is 3. The van der Waals surface area contributed by atoms with Gasteiger partial charge in [0.2, 0.25) is 5.91 Å². The summed E-state index contributed by atoms with van der Waals surface area (Å²) in [6, 6.07) is 16.3. The molecule has 1 atom stereocenters. The zero-order chi connectivity index (χ0) is 22.9. The zero-order valence-corrected chi connectivity index (χ0v) is 18.3. The molecule has 3 N–H and O–H groups in total. The maximum atomic E-state index is 12.2. The van der Waals surface area contributed by atoms with Gasteiger partial charge in [-0.1, -0.05) is 55.5 Å². The second-order valence-corrected chi connectivity index (χ2v) is 8.08. The summed E-state index contributed by atoms with van der Waals surface area (Å²) in [4.78, 5) is 34.7. The Morgan fingerprint density at radius 3 is 2.19 bits per heavy atom. The molecule has 0 heterocycles. The zero-order valence-electron chi connectivity index (χ0n) is 18.3. The average molecular weight is 439 g/mol. The highest BCUT2D eigenvalue weighted by Gasteiger charge is 2.29. The van der Waals surface area contributed by atoms with Crippen LogP contribution in [0.25, 0.3) is 11.1 Å². The van der Waals surface area contributed by atoms with Gasteiger partial charge in [-0.05, 0) is 41.5 Å². The molecule has 0 saturated carbocycles. The molecule has 0 fully saturated rings. The van der Waals surface area contributed by atoms with Gasteiger partial charge in [-0.2, -0.15) is 0 Å². The normalized spacial score (nSPS) is 13.0. The SMILES string of the molecule is CC(CCNC(=O)OCC1c2ccccc2-c2ccccc21)C(=O)NCCCCC(=O)O. The van der Waals surface area contributed by atoms with E-state index in [0.717, 1.165) is 11.1 Å². The van der Waals surface area contributed by atoms with Gasteiger partial charge in [0, 0.05) is 31.3 Å². The molecule has 0 spiro atoms. The van der Waals surface area contributed by atoms with Crippen molar-refractivity contribution in [2.24, 2.45) is 5.92 Å². The van der Waals surface area contributed by atoms with E-state index in [1.807, 2.05) is 24.3 Å². The molecular formula is C25H30N2O5. The van der Waals surface area contributed by atoms with Gasteiger partial charge in [-0.3, -0.25) is 9.59 Å². The van der Waals surface area contributed by atoms with Crippen molar-refractivity contribution >= 4 is 18.0 Å². The molecule has 7 heteroatoms. The molecule has 32 heavy (non-hydrogen) atoms. The van der Waals surface area contributed by atoms with E-state index in [2.05, 4.69) is 34.9 Å². The minimum atomic E-state index is -0.830. The number of aliphatic carboxylic acids is 1. The number of alkyl carbamates (subject to hydrolysis) is 1. The number of benzene rings is 2. The van der Waals surface area contributed by atoms with Crippen LogP contribution < -0.4 is 10.6 Å². The first-order valence-electron chi connectivity index (χ1n) is 11.1. The van der Waals surface area contributed by atoms with Crippen LogP contribution in [0.1, 0.15) is 49.7 Å². The molecule has 2 aromatic carbocycles. The minimum Gasteiger partial charge on any atom is -0.481 e. The number of unbranched alkanes of at least 4 members (excludes halogenated alkanes) is 1. The molecule has 0 saturated heterocycles. The number of nitrogens with one attached hydrogen (secondary N) is 2. The summed E-state index contributed by atoms with van der Waals surface area (Å²) in [5.74, 6) is -1.18. The highest BCUT2D eigenvalue weighted by molar-refractivity contribution is 5.79. The van der Waals surface area contributed by atoms with E-state index in [0.29, 0.717) is 32.4 Å². The Bertz CT molecular complexity index is 913. The lowest BCUT2D eigenvalue weighted by atomic mass is 9.98. The van der Waals surface area contributed by atoms with E-state index >= 15 is 0 Å². The van der Waals surface area contributed by atoms with Crippen LogP contribution in [-0.2, 0) is 14.3 Å². The Kier molecular flexibility index (Phi) is 8.25. The molecule has 0 radical (unpaired) electrons. The lowest BCUT2D eigenvalue weighted by Crippen LogP contribution is -2.33. The fourth-order valence-corrected chi connectivity index (χ4v) is 3.96. The second-order valence-electron chi connectivity index (χ2n) is 8.08. The van der Waals surface area contributed by atoms with Crippen molar-refractivity contribution < 1.29 is 24.2 Å². The van der Waals surface area contributed by atoms with Gasteiger partial charge < -0.3 is 20.5 Å². The molecule has 2 aromatic rings. The number of hydrogen-bond acceptors (Lipinski definition) is 4. The summed E-state index contributed by atoms with van der Waals surface area (Å²) in [5.41, 5.74) is 4.69. The van der Waals surface area contributed by atoms with E-state index in [4.69, 9.17) is 9.84 Å². The molecule has 3 rings (SSSR count). The van der Waals surface area contributed by atoms with E-state index in [1.165, 1.54) is 11.1 Å². The van der Waals surface area contributed by atoms with Crippen molar-refractivity contribution in [3.8, 4) is 11.1 Å². The number of ether oxygens (including phenoxy) is 1. The largest absolute Gasteiger partial charge is 0.481 e. The third-order valence-corrected chi connectivity index (χ3v) is 5.75. The number of carbonyl (C=O) groups is 3. The molecule has 0 aromatic heterocycles. The molecule has 2 amide bonds. The van der Waals surface area contributed by atoms with Gasteiger partial charge in [-0.15, -0.1) is 0 Å². The number of carboxylic acids is 1. The minimum absolute atomic E-state index is 0.0129. The molecule has 170 valence electrons. The van der Waals surface area contributed by atoms with Crippen molar-refractivity contribution in [3.05, 3.63) is 59.7 Å². The average Bonchev–Trinajstić information content (AvgIpc) is 3.11. The highest BCUT2D eigenvalue weighted by Crippen LogP contribution is 2.44. The van der Waals surface area contributed by atoms with Gasteiger partial charge in [0.1, 0.15) is 6.61 Å². The van der Waals surface area contributed by atoms with Gasteiger partial charge in [-0.25, -0.2) is 4.79 Å². The summed E-state index contributed by atoms with van der Waals surface area (Å²) in [6.45, 7) is 2.85. The molecule has 1 unspecified atom stereocenters. The maximum absolute atomic E-state index is 12.2. The second kappa shape index (κ2) is 11.3. The Morgan fingerprint density at radius 2 is 1.56 bits per heavy atom. The summed E-state index contributed by atoms with van der Waals surface area (Å²) in [6.07, 6.45) is 1.27. The van der Waals surface area contributed by atoms with Crippen LogP contribution >= 0.6 is 0 Å². The smallest absolute Gasteiger partial charge is 0.407 e. The monoisotopic (exact) mass is 438 g/mol. The van der Waals surface area contributed by atoms with Crippen molar-refractivity contribution in [3.63, 3.8) is 0 Å². The standard InChI is InChI=1S/C25H30N2O5/c1-17(24(30)26-14-7-6-12-23(28)29)13-15-27-25(31)32-16-22-20-10-4-2-8-18(20)19-9-3-5-11-21(19)22/h2-5,8-11,17,22H,6-7,12-16H2,1H3,(H,26,30)(H,27,31)(H,28,29). The third kappa shape index (κ3) is 6.09. The van der Waals surface area contributed by atoms with E-state index in [1.54, 1.807) is 6.92 Å². The fraction of sp³-hybridized carbons (Fsp3) is 0.400. The number of carbonyl (C=O) groups excluding carboxylic acids is 2. The number of amides is 2. The van der Waals surface area contributed by atoms with Gasteiger partial charge in [0.15, 0.2) is 0 Å². The molecule has 1 aliphatic carbocycles. The quantitative estimate of drug-likeness (QED) is 0.461. The van der Waals surface area contributed by atoms with Gasteiger partial charge in [0.05, 0.1) is 0 Å². The van der Waals surface area contributed by atoms with Crippen LogP contribution in [-0.4, -0.2) is 42.8 Å². The van der Waals surface area contributed by atoms with Gasteiger partial charge in [0.25, 0.3) is 0 Å². The van der Waals surface area contributed by atoms with Crippen LogP contribution in [0.4, 0.5) is 4.79 Å². The third-order valence-electron chi connectivity index (χ3n) is 5.75. The summed E-state index contributed by atoms with van der Waals surface area (Å²) in [5, 5.41) is 14.1. The van der Waals surface area contributed by atoms with Crippen molar-refractivity contribution in [2.75, 3.05) is 19.7 Å². The van der Waals surface area contributed by atoms with E-state index in [9.17, 15) is 14.4 Å². The summed E-state index contributed by atoms with van der Waals surface area (Å²) >= 11 is 0. The predicted octanol–water partition coefficient (Wildman–Crippen LogP) is 3.92. The summed E-state index contributed by atoms with van der Waals surface area (Å²) in [7, 11) is 0. The Balaban J connectivity index is 1.38. The van der Waals surface area contributed by atoms with E-state index in [-0.39, 0.29) is 30.8 Å². The highest BCUT2D eigenvalue weighted by atomic mass is 16.5. The Labute approximate surface area is 188 Å². The number of carboxylic acid groups (broad SMARTS) is 1. The topological polar surface area (TPSA) is 105 Å². The van der Waals surface area contributed by atoms with Crippen LogP contribution in [0.3, 0.4) is 0 Å². The first-order valence-corrected chi connectivity index (χ1v) is 11.1. The summed E-state index contributed by atoms with van der Waals surface area (Å²) < 4.78 is 5.49.